The monoisotopic (exact) mass is 364 g/mol. The summed E-state index contributed by atoms with van der Waals surface area (Å²) >= 11 is 0. The van der Waals surface area contributed by atoms with Crippen molar-refractivity contribution < 1.29 is 0 Å². The number of benzene rings is 1. The smallest absolute Gasteiger partial charge is 0.122 e. The second-order valence-corrected chi connectivity index (χ2v) is 7.54. The minimum absolute atomic E-state index is 0.930. The summed E-state index contributed by atoms with van der Waals surface area (Å²) in [6, 6.07) is 6.50. The second-order valence-electron chi connectivity index (χ2n) is 7.54. The Kier molecular flexibility index (Phi) is 5.09. The molecule has 6 heteroatoms. The van der Waals surface area contributed by atoms with Crippen molar-refractivity contribution in [2.45, 2.75) is 26.9 Å². The Morgan fingerprint density at radius 1 is 0.926 bits per heavy atom. The van der Waals surface area contributed by atoms with Gasteiger partial charge < -0.3 is 4.57 Å². The number of aryl methyl sites for hydroxylation is 3. The molecule has 27 heavy (non-hydrogen) atoms. The third-order valence-corrected chi connectivity index (χ3v) is 5.48. The minimum atomic E-state index is 0.930. The van der Waals surface area contributed by atoms with Crippen LogP contribution in [0.15, 0.2) is 43.0 Å². The predicted molar refractivity (Wildman–Crippen MR) is 107 cm³/mol. The van der Waals surface area contributed by atoms with Gasteiger partial charge in [-0.2, -0.15) is 5.10 Å². The van der Waals surface area contributed by atoms with E-state index in [0.717, 1.165) is 45.1 Å². The first-order chi connectivity index (χ1) is 13.1. The van der Waals surface area contributed by atoms with Gasteiger partial charge in [-0.15, -0.1) is 0 Å². The van der Waals surface area contributed by atoms with Crippen molar-refractivity contribution in [2.24, 2.45) is 7.05 Å². The van der Waals surface area contributed by atoms with Crippen molar-refractivity contribution in [1.29, 1.82) is 0 Å². The zero-order chi connectivity index (χ0) is 18.8. The lowest BCUT2D eigenvalue weighted by Crippen LogP contribution is -2.45. The molecule has 1 fully saturated rings. The molecule has 4 rings (SSSR count). The molecule has 2 aromatic heterocycles. The quantitative estimate of drug-likeness (QED) is 0.698. The molecule has 0 aliphatic carbocycles. The van der Waals surface area contributed by atoms with Crippen LogP contribution in [0.25, 0.3) is 5.69 Å². The van der Waals surface area contributed by atoms with Gasteiger partial charge in [-0.05, 0) is 42.7 Å². The van der Waals surface area contributed by atoms with Gasteiger partial charge in [0.25, 0.3) is 0 Å². The standard InChI is InChI=1S/C21H28N6/c1-17-13-18(2)19(20(14-17)27-7-4-5-23-27)15-25-9-11-26(12-10-25)16-21-22-6-8-24(21)3/h4-8,13-14H,9-12,15-16H2,1-3H3. The molecule has 3 heterocycles. The Balaban J connectivity index is 1.44. The zero-order valence-corrected chi connectivity index (χ0v) is 16.5. The van der Waals surface area contributed by atoms with Gasteiger partial charge in [-0.1, -0.05) is 6.07 Å². The van der Waals surface area contributed by atoms with Crippen molar-refractivity contribution in [3.05, 3.63) is 65.5 Å². The van der Waals surface area contributed by atoms with E-state index in [1.165, 1.54) is 22.4 Å². The SMILES string of the molecule is Cc1cc(C)c(CN2CCN(Cc3nccn3C)CC2)c(-n2cccn2)c1. The van der Waals surface area contributed by atoms with E-state index in [0.29, 0.717) is 0 Å². The van der Waals surface area contributed by atoms with Crippen LogP contribution in [0.4, 0.5) is 0 Å². The average molecular weight is 364 g/mol. The maximum atomic E-state index is 4.47. The van der Waals surface area contributed by atoms with Crippen LogP contribution in [-0.4, -0.2) is 55.3 Å². The first kappa shape index (κ1) is 17.9. The molecule has 0 unspecified atom stereocenters. The predicted octanol–water partition coefficient (Wildman–Crippen LogP) is 2.54. The summed E-state index contributed by atoms with van der Waals surface area (Å²) in [6.07, 6.45) is 7.77. The average Bonchev–Trinajstić information content (AvgIpc) is 3.31. The Morgan fingerprint density at radius 3 is 2.30 bits per heavy atom. The zero-order valence-electron chi connectivity index (χ0n) is 16.5. The van der Waals surface area contributed by atoms with Crippen molar-refractivity contribution in [3.63, 3.8) is 0 Å². The Morgan fingerprint density at radius 2 is 1.67 bits per heavy atom. The number of rotatable bonds is 5. The third-order valence-electron chi connectivity index (χ3n) is 5.48. The summed E-state index contributed by atoms with van der Waals surface area (Å²) in [5.41, 5.74) is 5.20. The molecule has 1 saturated heterocycles. The number of nitrogens with zero attached hydrogens (tertiary/aromatic N) is 6. The van der Waals surface area contributed by atoms with Crippen LogP contribution >= 0.6 is 0 Å². The molecule has 0 amide bonds. The summed E-state index contributed by atoms with van der Waals surface area (Å²) in [5, 5.41) is 4.47. The van der Waals surface area contributed by atoms with Gasteiger partial charge in [0, 0.05) is 64.6 Å². The summed E-state index contributed by atoms with van der Waals surface area (Å²) in [6.45, 7) is 10.6. The molecule has 0 atom stereocenters. The molecule has 1 aliphatic heterocycles. The van der Waals surface area contributed by atoms with Crippen LogP contribution in [0, 0.1) is 13.8 Å². The van der Waals surface area contributed by atoms with E-state index >= 15 is 0 Å². The molecule has 0 spiro atoms. The van der Waals surface area contributed by atoms with Crippen LogP contribution in [0.1, 0.15) is 22.5 Å². The lowest BCUT2D eigenvalue weighted by molar-refractivity contribution is 0.119. The summed E-state index contributed by atoms with van der Waals surface area (Å²) in [4.78, 5) is 9.50. The van der Waals surface area contributed by atoms with E-state index in [4.69, 9.17) is 0 Å². The van der Waals surface area contributed by atoms with Crippen LogP contribution < -0.4 is 0 Å². The minimum Gasteiger partial charge on any atom is -0.337 e. The molecular formula is C21H28N6. The molecule has 1 aliphatic rings. The summed E-state index contributed by atoms with van der Waals surface area (Å²) in [7, 11) is 2.07. The van der Waals surface area contributed by atoms with Crippen LogP contribution in [0.2, 0.25) is 0 Å². The molecule has 0 N–H and O–H groups in total. The maximum Gasteiger partial charge on any atom is 0.122 e. The normalized spacial score (nSPS) is 16.1. The fraction of sp³-hybridized carbons (Fsp3) is 0.429. The largest absolute Gasteiger partial charge is 0.337 e. The fourth-order valence-electron chi connectivity index (χ4n) is 3.87. The van der Waals surface area contributed by atoms with E-state index in [1.807, 2.05) is 35.5 Å². The fourth-order valence-corrected chi connectivity index (χ4v) is 3.87. The van der Waals surface area contributed by atoms with Crippen LogP contribution in [0.3, 0.4) is 0 Å². The van der Waals surface area contributed by atoms with E-state index < -0.39 is 0 Å². The molecule has 142 valence electrons. The third kappa shape index (κ3) is 3.96. The Labute approximate surface area is 161 Å². The van der Waals surface area contributed by atoms with E-state index in [9.17, 15) is 0 Å². The van der Waals surface area contributed by atoms with Gasteiger partial charge in [0.1, 0.15) is 5.82 Å². The molecule has 0 radical (unpaired) electrons. The Bertz CT molecular complexity index is 888. The topological polar surface area (TPSA) is 42.1 Å². The maximum absolute atomic E-state index is 4.47. The lowest BCUT2D eigenvalue weighted by atomic mass is 10.0. The van der Waals surface area contributed by atoms with Crippen LogP contribution in [0.5, 0.6) is 0 Å². The number of hydrogen-bond donors (Lipinski definition) is 0. The van der Waals surface area contributed by atoms with Gasteiger partial charge in [-0.25, -0.2) is 9.67 Å². The van der Waals surface area contributed by atoms with Gasteiger partial charge >= 0.3 is 0 Å². The number of hydrogen-bond acceptors (Lipinski definition) is 4. The lowest BCUT2D eigenvalue weighted by Gasteiger charge is -2.35. The van der Waals surface area contributed by atoms with E-state index in [2.05, 4.69) is 57.5 Å². The van der Waals surface area contributed by atoms with Gasteiger partial charge in [0.05, 0.1) is 12.2 Å². The van der Waals surface area contributed by atoms with Crippen molar-refractivity contribution >= 4 is 0 Å². The first-order valence-corrected chi connectivity index (χ1v) is 9.61. The second kappa shape index (κ2) is 7.66. The molecule has 6 nitrogen and oxygen atoms in total. The van der Waals surface area contributed by atoms with Gasteiger partial charge in [0.2, 0.25) is 0 Å². The number of imidazole rings is 1. The summed E-state index contributed by atoms with van der Waals surface area (Å²) in [5.74, 6) is 1.14. The first-order valence-electron chi connectivity index (χ1n) is 9.61. The van der Waals surface area contributed by atoms with Crippen molar-refractivity contribution in [3.8, 4) is 5.69 Å². The molecule has 1 aromatic carbocycles. The van der Waals surface area contributed by atoms with Crippen LogP contribution in [-0.2, 0) is 20.1 Å². The van der Waals surface area contributed by atoms with E-state index in [1.54, 1.807) is 0 Å². The summed E-state index contributed by atoms with van der Waals surface area (Å²) < 4.78 is 4.10. The molecule has 0 saturated carbocycles. The van der Waals surface area contributed by atoms with Crippen molar-refractivity contribution in [1.82, 2.24) is 29.1 Å². The highest BCUT2D eigenvalue weighted by atomic mass is 15.3. The number of aromatic nitrogens is 4. The highest BCUT2D eigenvalue weighted by Gasteiger charge is 2.20. The highest BCUT2D eigenvalue weighted by Crippen LogP contribution is 2.23. The highest BCUT2D eigenvalue weighted by molar-refractivity contribution is 5.48. The van der Waals surface area contributed by atoms with Crippen molar-refractivity contribution in [2.75, 3.05) is 26.2 Å². The van der Waals surface area contributed by atoms with Gasteiger partial charge in [0.15, 0.2) is 0 Å². The Hall–Kier alpha value is -2.44. The van der Waals surface area contributed by atoms with E-state index in [-0.39, 0.29) is 0 Å². The number of piperazine rings is 1. The van der Waals surface area contributed by atoms with Gasteiger partial charge in [-0.3, -0.25) is 9.80 Å². The molecular weight excluding hydrogens is 336 g/mol. The molecule has 3 aromatic rings. The molecule has 0 bridgehead atoms.